The number of hydrogen-bond acceptors (Lipinski definition) is 5. The second-order valence-corrected chi connectivity index (χ2v) is 5.41. The highest BCUT2D eigenvalue weighted by Gasteiger charge is 2.15. The van der Waals surface area contributed by atoms with Gasteiger partial charge in [0.1, 0.15) is 11.3 Å². The Balaban J connectivity index is 2.25. The van der Waals surface area contributed by atoms with Gasteiger partial charge in [-0.3, -0.25) is 4.57 Å². The lowest BCUT2D eigenvalue weighted by Crippen LogP contribution is -2.25. The lowest BCUT2D eigenvalue weighted by Gasteiger charge is -2.08. The minimum Gasteiger partial charge on any atom is -0.493 e. The minimum absolute atomic E-state index is 0.319. The lowest BCUT2D eigenvalue weighted by molar-refractivity contribution is 0.341. The number of nitrogens with zero attached hydrogens (tertiary/aromatic N) is 2. The van der Waals surface area contributed by atoms with Gasteiger partial charge in [-0.05, 0) is 31.5 Å². The Hall–Kier alpha value is -2.80. The third-order valence-electron chi connectivity index (χ3n) is 3.82. The summed E-state index contributed by atoms with van der Waals surface area (Å²) in [6.45, 7) is 5.14. The molecule has 24 heavy (non-hydrogen) atoms. The van der Waals surface area contributed by atoms with Gasteiger partial charge in [-0.15, -0.1) is 0 Å². The van der Waals surface area contributed by atoms with E-state index in [0.29, 0.717) is 24.5 Å². The Labute approximate surface area is 139 Å². The fraction of sp³-hybridized carbons (Fsp3) is 0.294. The third-order valence-corrected chi connectivity index (χ3v) is 3.82. The summed E-state index contributed by atoms with van der Waals surface area (Å²) in [5, 5.41) is 0. The van der Waals surface area contributed by atoms with E-state index in [1.54, 1.807) is 4.57 Å². The third kappa shape index (κ3) is 2.74. The average molecular weight is 327 g/mol. The number of aromatic nitrogens is 3. The van der Waals surface area contributed by atoms with Crippen molar-refractivity contribution in [3.63, 3.8) is 0 Å². The van der Waals surface area contributed by atoms with E-state index in [9.17, 15) is 4.79 Å². The molecule has 0 fully saturated rings. The van der Waals surface area contributed by atoms with Crippen LogP contribution < -0.4 is 21.7 Å². The summed E-state index contributed by atoms with van der Waals surface area (Å²) in [7, 11) is 0. The predicted octanol–water partition coefficient (Wildman–Crippen LogP) is 2.49. The number of nitrogens with one attached hydrogen (secondary N) is 2. The number of H-pyrrole nitrogens is 1. The van der Waals surface area contributed by atoms with Crippen LogP contribution in [0.4, 0.5) is 5.82 Å². The highest BCUT2D eigenvalue weighted by molar-refractivity contribution is 5.91. The van der Waals surface area contributed by atoms with Gasteiger partial charge in [0.25, 0.3) is 0 Å². The van der Waals surface area contributed by atoms with Crippen molar-refractivity contribution >= 4 is 16.9 Å². The van der Waals surface area contributed by atoms with Crippen molar-refractivity contribution in [2.24, 2.45) is 5.84 Å². The quantitative estimate of drug-likeness (QED) is 0.477. The number of aromatic amines is 1. The number of aryl methyl sites for hydroxylation is 1. The number of fused-ring (bicyclic) bond motifs is 1. The maximum Gasteiger partial charge on any atom is 0.350 e. The molecule has 0 bridgehead atoms. The molecule has 3 rings (SSSR count). The summed E-state index contributed by atoms with van der Waals surface area (Å²) in [4.78, 5) is 19.6. The molecule has 7 nitrogen and oxygen atoms in total. The van der Waals surface area contributed by atoms with Gasteiger partial charge in [-0.2, -0.15) is 4.98 Å². The first-order chi connectivity index (χ1) is 11.7. The molecule has 4 N–H and O–H groups in total. The average Bonchev–Trinajstić information content (AvgIpc) is 3.03. The van der Waals surface area contributed by atoms with Crippen LogP contribution in [0.15, 0.2) is 35.1 Å². The van der Waals surface area contributed by atoms with Gasteiger partial charge in [-0.1, -0.05) is 19.1 Å². The molecular weight excluding hydrogens is 306 g/mol. The number of nitrogens with two attached hydrogens (primary N) is 1. The summed E-state index contributed by atoms with van der Waals surface area (Å²) in [5.74, 6) is 6.65. The van der Waals surface area contributed by atoms with Gasteiger partial charge >= 0.3 is 5.69 Å². The molecule has 0 spiro atoms. The van der Waals surface area contributed by atoms with E-state index < -0.39 is 0 Å². The maximum absolute atomic E-state index is 12.2. The Morgan fingerprint density at radius 3 is 2.83 bits per heavy atom. The SMILES string of the molecule is CCCn1c(=O)nc(NN)c2[nH]c(-c3ccccc3OCC)cc21. The minimum atomic E-state index is -0.319. The van der Waals surface area contributed by atoms with Crippen LogP contribution in [0.1, 0.15) is 20.3 Å². The van der Waals surface area contributed by atoms with Crippen molar-refractivity contribution in [3.8, 4) is 17.0 Å². The molecule has 2 aromatic heterocycles. The molecule has 0 amide bonds. The molecule has 0 unspecified atom stereocenters. The van der Waals surface area contributed by atoms with Crippen molar-refractivity contribution in [3.05, 3.63) is 40.8 Å². The molecule has 0 aliphatic carbocycles. The van der Waals surface area contributed by atoms with Crippen molar-refractivity contribution in [2.75, 3.05) is 12.0 Å². The first kappa shape index (κ1) is 16.1. The molecule has 0 aliphatic heterocycles. The zero-order chi connectivity index (χ0) is 17.1. The first-order valence-corrected chi connectivity index (χ1v) is 8.02. The van der Waals surface area contributed by atoms with E-state index >= 15 is 0 Å². The number of anilines is 1. The summed E-state index contributed by atoms with van der Waals surface area (Å²) in [5.41, 5.74) is 5.42. The normalized spacial score (nSPS) is 11.0. The van der Waals surface area contributed by atoms with Crippen molar-refractivity contribution in [2.45, 2.75) is 26.8 Å². The smallest absolute Gasteiger partial charge is 0.350 e. The second kappa shape index (κ2) is 6.76. The number of benzene rings is 1. The first-order valence-electron chi connectivity index (χ1n) is 8.02. The van der Waals surface area contributed by atoms with Crippen molar-refractivity contribution in [1.29, 1.82) is 0 Å². The maximum atomic E-state index is 12.2. The number of para-hydroxylation sites is 1. The van der Waals surface area contributed by atoms with Crippen molar-refractivity contribution in [1.82, 2.24) is 14.5 Å². The van der Waals surface area contributed by atoms with Crippen LogP contribution in [0.5, 0.6) is 5.75 Å². The van der Waals surface area contributed by atoms with E-state index in [0.717, 1.165) is 28.9 Å². The van der Waals surface area contributed by atoms with Gasteiger partial charge < -0.3 is 15.1 Å². The number of nitrogen functional groups attached to an aromatic ring is 1. The van der Waals surface area contributed by atoms with Crippen LogP contribution in [-0.2, 0) is 6.54 Å². The van der Waals surface area contributed by atoms with E-state index in [1.165, 1.54) is 0 Å². The summed E-state index contributed by atoms with van der Waals surface area (Å²) < 4.78 is 7.35. The Kier molecular flexibility index (Phi) is 4.52. The fourth-order valence-electron chi connectivity index (χ4n) is 2.81. The Morgan fingerprint density at radius 2 is 2.12 bits per heavy atom. The molecule has 7 heteroatoms. The summed E-state index contributed by atoms with van der Waals surface area (Å²) in [6.07, 6.45) is 0.835. The molecule has 126 valence electrons. The largest absolute Gasteiger partial charge is 0.493 e. The molecule has 2 heterocycles. The molecular formula is C17H21N5O2. The number of hydrazine groups is 1. The molecule has 0 aliphatic rings. The topological polar surface area (TPSA) is 98.0 Å². The van der Waals surface area contributed by atoms with E-state index in [-0.39, 0.29) is 5.69 Å². The van der Waals surface area contributed by atoms with Gasteiger partial charge in [0.15, 0.2) is 5.82 Å². The van der Waals surface area contributed by atoms with Crippen LogP contribution in [0.3, 0.4) is 0 Å². The van der Waals surface area contributed by atoms with Gasteiger partial charge in [0, 0.05) is 12.1 Å². The number of rotatable bonds is 6. The van der Waals surface area contributed by atoms with Gasteiger partial charge in [0.05, 0.1) is 17.8 Å². The standard InChI is InChI=1S/C17H21N5O2/c1-3-9-22-13-10-12(11-7-5-6-8-14(11)24-4-2)19-15(13)16(21-18)20-17(22)23/h5-8,10,19H,3-4,9,18H2,1-2H3,(H,20,21,23). The molecule has 0 saturated carbocycles. The molecule has 0 saturated heterocycles. The number of ether oxygens (including phenoxy) is 1. The van der Waals surface area contributed by atoms with Crippen molar-refractivity contribution < 1.29 is 4.74 Å². The summed E-state index contributed by atoms with van der Waals surface area (Å²) in [6, 6.07) is 9.71. The monoisotopic (exact) mass is 327 g/mol. The van der Waals surface area contributed by atoms with Crippen LogP contribution in [0.2, 0.25) is 0 Å². The molecule has 1 aromatic carbocycles. The molecule has 0 radical (unpaired) electrons. The van der Waals surface area contributed by atoms with E-state index in [1.807, 2.05) is 44.2 Å². The zero-order valence-electron chi connectivity index (χ0n) is 13.8. The molecule has 3 aromatic rings. The van der Waals surface area contributed by atoms with E-state index in [2.05, 4.69) is 15.4 Å². The Bertz CT molecular complexity index is 913. The predicted molar refractivity (Wildman–Crippen MR) is 95.1 cm³/mol. The lowest BCUT2D eigenvalue weighted by atomic mass is 10.1. The van der Waals surface area contributed by atoms with Gasteiger partial charge in [-0.25, -0.2) is 10.6 Å². The molecule has 0 atom stereocenters. The zero-order valence-corrected chi connectivity index (χ0v) is 13.8. The highest BCUT2D eigenvalue weighted by Crippen LogP contribution is 2.32. The fourth-order valence-corrected chi connectivity index (χ4v) is 2.81. The van der Waals surface area contributed by atoms with Crippen LogP contribution >= 0.6 is 0 Å². The van der Waals surface area contributed by atoms with Gasteiger partial charge in [0.2, 0.25) is 0 Å². The number of hydrogen-bond donors (Lipinski definition) is 3. The van der Waals surface area contributed by atoms with Crippen LogP contribution in [-0.4, -0.2) is 21.1 Å². The summed E-state index contributed by atoms with van der Waals surface area (Å²) >= 11 is 0. The second-order valence-electron chi connectivity index (χ2n) is 5.41. The Morgan fingerprint density at radius 1 is 1.33 bits per heavy atom. The van der Waals surface area contributed by atoms with Crippen LogP contribution in [0, 0.1) is 0 Å². The van der Waals surface area contributed by atoms with E-state index in [4.69, 9.17) is 10.6 Å². The highest BCUT2D eigenvalue weighted by atomic mass is 16.5. The van der Waals surface area contributed by atoms with Crippen LogP contribution in [0.25, 0.3) is 22.3 Å².